The van der Waals surface area contributed by atoms with Crippen LogP contribution in [-0.2, 0) is 19.6 Å². The van der Waals surface area contributed by atoms with Crippen LogP contribution in [0, 0.1) is 45.5 Å². The fourth-order valence-electron chi connectivity index (χ4n) is 5.19. The van der Waals surface area contributed by atoms with Gasteiger partial charge < -0.3 is 19.1 Å². The SMILES string of the molecule is N#CCC1(Cn2c(Cc3ccc(Oc4cccc(COc5ccc(C#N)cc5F)n4)cc3F)nc3c(F)cc(C(=O)O)cc32)CC1. The monoisotopic (exact) mass is 623 g/mol. The Labute approximate surface area is 260 Å². The van der Waals surface area contributed by atoms with Crippen molar-refractivity contribution in [1.82, 2.24) is 14.5 Å². The van der Waals surface area contributed by atoms with Crippen molar-refractivity contribution >= 4 is 17.0 Å². The van der Waals surface area contributed by atoms with Gasteiger partial charge in [-0.2, -0.15) is 10.5 Å². The van der Waals surface area contributed by atoms with E-state index in [9.17, 15) is 23.9 Å². The van der Waals surface area contributed by atoms with Crippen molar-refractivity contribution in [3.05, 3.63) is 112 Å². The van der Waals surface area contributed by atoms with E-state index in [1.54, 1.807) is 28.8 Å². The minimum atomic E-state index is -1.29. The number of carboxylic acid groups (broad SMARTS) is 1. The number of hydrogen-bond acceptors (Lipinski definition) is 7. The molecule has 230 valence electrons. The van der Waals surface area contributed by atoms with E-state index in [-0.39, 0.29) is 70.0 Å². The Kier molecular flexibility index (Phi) is 8.03. The minimum absolute atomic E-state index is 0.0232. The number of ether oxygens (including phenoxy) is 2. The third kappa shape index (κ3) is 6.33. The second-order valence-corrected chi connectivity index (χ2v) is 11.1. The molecule has 2 aromatic heterocycles. The van der Waals surface area contributed by atoms with Gasteiger partial charge in [-0.15, -0.1) is 0 Å². The van der Waals surface area contributed by atoms with E-state index in [1.807, 2.05) is 6.07 Å². The van der Waals surface area contributed by atoms with Crippen molar-refractivity contribution in [3.63, 3.8) is 0 Å². The van der Waals surface area contributed by atoms with Gasteiger partial charge in [0.2, 0.25) is 5.88 Å². The number of carbonyl (C=O) groups is 1. The highest BCUT2D eigenvalue weighted by Crippen LogP contribution is 2.50. The number of hydrogen-bond donors (Lipinski definition) is 1. The van der Waals surface area contributed by atoms with E-state index in [0.29, 0.717) is 18.1 Å². The first-order valence-corrected chi connectivity index (χ1v) is 14.2. The highest BCUT2D eigenvalue weighted by molar-refractivity contribution is 5.92. The predicted molar refractivity (Wildman–Crippen MR) is 158 cm³/mol. The zero-order valence-corrected chi connectivity index (χ0v) is 24.1. The average molecular weight is 624 g/mol. The smallest absolute Gasteiger partial charge is 0.335 e. The number of carboxylic acids is 1. The Bertz CT molecular complexity index is 2080. The maximum Gasteiger partial charge on any atom is 0.335 e. The molecule has 0 bridgehead atoms. The maximum absolute atomic E-state index is 15.4. The zero-order valence-electron chi connectivity index (χ0n) is 24.1. The molecular weight excluding hydrogens is 599 g/mol. The molecule has 0 radical (unpaired) electrons. The number of pyridine rings is 1. The lowest BCUT2D eigenvalue weighted by Crippen LogP contribution is -2.15. The third-order valence-electron chi connectivity index (χ3n) is 7.85. The summed E-state index contributed by atoms with van der Waals surface area (Å²) < 4.78 is 57.5. The second kappa shape index (κ2) is 12.3. The van der Waals surface area contributed by atoms with Gasteiger partial charge in [-0.1, -0.05) is 12.1 Å². The normalized spacial score (nSPS) is 13.2. The van der Waals surface area contributed by atoms with Crippen LogP contribution in [-0.4, -0.2) is 25.6 Å². The number of nitriles is 2. The van der Waals surface area contributed by atoms with Gasteiger partial charge in [-0.05, 0) is 60.9 Å². The summed E-state index contributed by atoms with van der Waals surface area (Å²) in [6, 6.07) is 19.3. The number of rotatable bonds is 11. The van der Waals surface area contributed by atoms with Crippen LogP contribution < -0.4 is 9.47 Å². The number of nitrogens with zero attached hydrogens (tertiary/aromatic N) is 5. The quantitative estimate of drug-likeness (QED) is 0.165. The molecule has 3 aromatic carbocycles. The largest absolute Gasteiger partial charge is 0.484 e. The Hall–Kier alpha value is -5.88. The molecule has 1 saturated carbocycles. The molecule has 1 fully saturated rings. The highest BCUT2D eigenvalue weighted by Gasteiger charge is 2.43. The van der Waals surface area contributed by atoms with E-state index in [0.717, 1.165) is 25.0 Å². The van der Waals surface area contributed by atoms with Crippen molar-refractivity contribution < 1.29 is 32.5 Å². The second-order valence-electron chi connectivity index (χ2n) is 11.1. The Morgan fingerprint density at radius 1 is 0.978 bits per heavy atom. The topological polar surface area (TPSA) is 134 Å². The summed E-state index contributed by atoms with van der Waals surface area (Å²) in [5, 5.41) is 27.7. The molecule has 0 spiro atoms. The molecule has 12 heteroatoms. The lowest BCUT2D eigenvalue weighted by molar-refractivity contribution is 0.0696. The van der Waals surface area contributed by atoms with Gasteiger partial charge >= 0.3 is 5.97 Å². The number of halogens is 3. The number of benzene rings is 3. The molecule has 9 nitrogen and oxygen atoms in total. The summed E-state index contributed by atoms with van der Waals surface area (Å²) in [7, 11) is 0. The van der Waals surface area contributed by atoms with Crippen LogP contribution in [0.4, 0.5) is 13.2 Å². The van der Waals surface area contributed by atoms with Crippen molar-refractivity contribution in [3.8, 4) is 29.5 Å². The van der Waals surface area contributed by atoms with Gasteiger partial charge in [0.05, 0.1) is 34.5 Å². The molecule has 5 aromatic rings. The molecule has 0 aliphatic heterocycles. The molecule has 1 aliphatic rings. The van der Waals surface area contributed by atoms with E-state index >= 15 is 4.39 Å². The van der Waals surface area contributed by atoms with Crippen molar-refractivity contribution in [2.24, 2.45) is 5.41 Å². The van der Waals surface area contributed by atoms with Crippen LogP contribution in [0.25, 0.3) is 11.0 Å². The first kappa shape index (κ1) is 30.2. The molecular formula is C34H24F3N5O4. The molecule has 1 aliphatic carbocycles. The maximum atomic E-state index is 15.4. The molecule has 0 atom stereocenters. The first-order chi connectivity index (χ1) is 22.2. The average Bonchev–Trinajstić information content (AvgIpc) is 3.71. The van der Waals surface area contributed by atoms with Crippen molar-refractivity contribution in [1.29, 1.82) is 10.5 Å². The lowest BCUT2D eigenvalue weighted by Gasteiger charge is -2.16. The molecule has 2 heterocycles. The Morgan fingerprint density at radius 3 is 2.50 bits per heavy atom. The summed E-state index contributed by atoms with van der Waals surface area (Å²) in [5.41, 5.74) is 0.514. The number of aromatic nitrogens is 3. The summed E-state index contributed by atoms with van der Waals surface area (Å²) in [4.78, 5) is 20.4. The van der Waals surface area contributed by atoms with Gasteiger partial charge in [0.1, 0.15) is 29.5 Å². The van der Waals surface area contributed by atoms with Crippen LogP contribution >= 0.6 is 0 Å². The van der Waals surface area contributed by atoms with Gasteiger partial charge in [-0.3, -0.25) is 0 Å². The van der Waals surface area contributed by atoms with E-state index in [4.69, 9.17) is 14.7 Å². The number of imidazole rings is 1. The number of fused-ring (bicyclic) bond motifs is 1. The fraction of sp³-hybridized carbons (Fsp3) is 0.206. The molecule has 6 rings (SSSR count). The molecule has 1 N–H and O–H groups in total. The summed E-state index contributed by atoms with van der Waals surface area (Å²) in [6.07, 6.45) is 1.83. The van der Waals surface area contributed by atoms with Crippen molar-refractivity contribution in [2.45, 2.75) is 38.8 Å². The van der Waals surface area contributed by atoms with Crippen LogP contribution in [0.3, 0.4) is 0 Å². The molecule has 0 saturated heterocycles. The van der Waals surface area contributed by atoms with Gasteiger partial charge in [0.25, 0.3) is 0 Å². The molecule has 0 amide bonds. The highest BCUT2D eigenvalue weighted by atomic mass is 19.1. The van der Waals surface area contributed by atoms with Crippen LogP contribution in [0.15, 0.2) is 66.7 Å². The number of aromatic carboxylic acids is 1. The van der Waals surface area contributed by atoms with E-state index in [1.165, 1.54) is 30.3 Å². The minimum Gasteiger partial charge on any atom is -0.484 e. The fourth-order valence-corrected chi connectivity index (χ4v) is 5.19. The van der Waals surface area contributed by atoms with Gasteiger partial charge in [0, 0.05) is 36.9 Å². The third-order valence-corrected chi connectivity index (χ3v) is 7.85. The van der Waals surface area contributed by atoms with Crippen LogP contribution in [0.1, 0.15) is 52.3 Å². The van der Waals surface area contributed by atoms with E-state index in [2.05, 4.69) is 16.0 Å². The van der Waals surface area contributed by atoms with Gasteiger partial charge in [-0.25, -0.2) is 27.9 Å². The first-order valence-electron chi connectivity index (χ1n) is 14.2. The van der Waals surface area contributed by atoms with Crippen LogP contribution in [0.2, 0.25) is 0 Å². The Morgan fingerprint density at radius 2 is 1.80 bits per heavy atom. The van der Waals surface area contributed by atoms with Crippen LogP contribution in [0.5, 0.6) is 17.4 Å². The summed E-state index contributed by atoms with van der Waals surface area (Å²) in [5.74, 6) is -2.79. The molecule has 46 heavy (non-hydrogen) atoms. The van der Waals surface area contributed by atoms with E-state index < -0.39 is 23.4 Å². The summed E-state index contributed by atoms with van der Waals surface area (Å²) >= 11 is 0. The van der Waals surface area contributed by atoms with Crippen molar-refractivity contribution in [2.75, 3.05) is 0 Å². The molecule has 0 unspecified atom stereocenters. The predicted octanol–water partition coefficient (Wildman–Crippen LogP) is 7.07. The Balaban J connectivity index is 1.21. The van der Waals surface area contributed by atoms with Gasteiger partial charge in [0.15, 0.2) is 17.4 Å². The lowest BCUT2D eigenvalue weighted by atomic mass is 10.0. The summed E-state index contributed by atoms with van der Waals surface area (Å²) in [6.45, 7) is 0.236. The zero-order chi connectivity index (χ0) is 32.4. The standard InChI is InChI=1S/C34H24F3N5O4/c35-25-16-24(46-31-3-1-2-23(40-31)18-45-29-7-4-20(17-39)12-26(29)36)6-5-21(25)15-30-41-32-27(37)13-22(33(43)44)14-28(32)42(30)19-34(8-9-34)10-11-38/h1-7,12-14,16H,8-10,15,18-19H2,(H,43,44).